The molecule has 1 aliphatic heterocycles. The summed E-state index contributed by atoms with van der Waals surface area (Å²) < 4.78 is 76.5. The summed E-state index contributed by atoms with van der Waals surface area (Å²) in [5, 5.41) is 22.8. The van der Waals surface area contributed by atoms with Crippen molar-refractivity contribution < 1.29 is 55.3 Å². The number of halogens is 6. The second-order valence-corrected chi connectivity index (χ2v) is 8.02. The largest absolute Gasteiger partial charge is 0.490 e. The van der Waals surface area contributed by atoms with E-state index in [0.29, 0.717) is 13.2 Å². The van der Waals surface area contributed by atoms with E-state index in [0.717, 1.165) is 30.9 Å². The van der Waals surface area contributed by atoms with E-state index in [4.69, 9.17) is 29.0 Å². The van der Waals surface area contributed by atoms with E-state index >= 15 is 0 Å². The van der Waals surface area contributed by atoms with Gasteiger partial charge in [0.1, 0.15) is 5.69 Å². The van der Waals surface area contributed by atoms with Gasteiger partial charge < -0.3 is 19.4 Å². The van der Waals surface area contributed by atoms with Crippen molar-refractivity contribution in [3.63, 3.8) is 0 Å². The normalized spacial score (nSPS) is 15.3. The summed E-state index contributed by atoms with van der Waals surface area (Å²) >= 11 is 0. The Bertz CT molecular complexity index is 1160. The first kappa shape index (κ1) is 31.2. The molecule has 0 saturated heterocycles. The Morgan fingerprint density at radius 2 is 1.64 bits per heavy atom. The first-order chi connectivity index (χ1) is 18.2. The molecule has 0 radical (unpaired) electrons. The summed E-state index contributed by atoms with van der Waals surface area (Å²) in [5.74, 6) is -5.27. The third-order valence-corrected chi connectivity index (χ3v) is 4.99. The molecule has 11 nitrogen and oxygen atoms in total. The van der Waals surface area contributed by atoms with Crippen molar-refractivity contribution in [1.29, 1.82) is 0 Å². The zero-order valence-corrected chi connectivity index (χ0v) is 20.2. The quantitative estimate of drug-likeness (QED) is 0.426. The van der Waals surface area contributed by atoms with Gasteiger partial charge in [-0.15, -0.1) is 5.10 Å². The maximum atomic E-state index is 10.6. The third kappa shape index (κ3) is 10.4. The summed E-state index contributed by atoms with van der Waals surface area (Å²) in [6.45, 7) is 3.78. The summed E-state index contributed by atoms with van der Waals surface area (Å²) in [6.07, 6.45) is -3.09. The molecule has 0 bridgehead atoms. The van der Waals surface area contributed by atoms with Gasteiger partial charge in [-0.2, -0.15) is 26.3 Å². The van der Waals surface area contributed by atoms with Crippen LogP contribution in [-0.2, 0) is 41.1 Å². The van der Waals surface area contributed by atoms with Crippen LogP contribution in [0.25, 0.3) is 0 Å². The maximum absolute atomic E-state index is 10.6. The first-order valence-corrected chi connectivity index (χ1v) is 10.9. The molecule has 1 aliphatic rings. The second-order valence-electron chi connectivity index (χ2n) is 8.02. The van der Waals surface area contributed by atoms with Gasteiger partial charge in [0.15, 0.2) is 0 Å². The minimum atomic E-state index is -5.08. The van der Waals surface area contributed by atoms with Crippen LogP contribution in [0.15, 0.2) is 47.5 Å². The lowest BCUT2D eigenvalue weighted by Gasteiger charge is -2.31. The number of pyridine rings is 1. The van der Waals surface area contributed by atoms with Gasteiger partial charge in [-0.3, -0.25) is 14.6 Å². The van der Waals surface area contributed by atoms with Crippen molar-refractivity contribution in [1.82, 2.24) is 24.9 Å². The number of rotatable bonds is 6. The Labute approximate surface area is 216 Å². The molecule has 1 unspecified atom stereocenters. The number of hydrogen-bond donors (Lipinski definition) is 2. The lowest BCUT2D eigenvalue weighted by atomic mass is 9.98. The molecule has 3 aromatic rings. The van der Waals surface area contributed by atoms with Gasteiger partial charge in [-0.05, 0) is 23.8 Å². The van der Waals surface area contributed by atoms with Crippen LogP contribution in [0.3, 0.4) is 0 Å². The molecule has 0 fully saturated rings. The molecule has 17 heteroatoms. The fourth-order valence-corrected chi connectivity index (χ4v) is 3.39. The number of furan rings is 1. The maximum Gasteiger partial charge on any atom is 0.490 e. The van der Waals surface area contributed by atoms with Crippen molar-refractivity contribution in [2.45, 2.75) is 38.0 Å². The van der Waals surface area contributed by atoms with E-state index in [9.17, 15) is 26.3 Å². The summed E-state index contributed by atoms with van der Waals surface area (Å²) in [7, 11) is 1.95. The third-order valence-electron chi connectivity index (χ3n) is 4.99. The van der Waals surface area contributed by atoms with Crippen LogP contribution in [0.5, 0.6) is 0 Å². The van der Waals surface area contributed by atoms with Crippen molar-refractivity contribution in [2.24, 2.45) is 7.05 Å². The van der Waals surface area contributed by atoms with Gasteiger partial charge in [-0.1, -0.05) is 5.21 Å². The van der Waals surface area contributed by atoms with Gasteiger partial charge in [0.05, 0.1) is 31.4 Å². The number of alkyl halides is 6. The van der Waals surface area contributed by atoms with E-state index in [-0.39, 0.29) is 5.92 Å². The standard InChI is InChI=1S/C18H21N5O2.2C2HF3O2/c1-22-18-16(13-25-11-14-2-5-19-6-3-14)9-23(10-17(18)20-21-22)8-15-4-7-24-12-15;2*3-2(4,5)1(6)7/h2-7,12,16H,8-11,13H2,1H3;2*(H,6,7). The number of aromatic nitrogens is 4. The molecule has 0 spiro atoms. The zero-order valence-electron chi connectivity index (χ0n) is 20.2. The molecule has 0 saturated carbocycles. The molecule has 0 aromatic carbocycles. The van der Waals surface area contributed by atoms with Crippen LogP contribution in [0.2, 0.25) is 0 Å². The predicted molar refractivity (Wildman–Crippen MR) is 118 cm³/mol. The van der Waals surface area contributed by atoms with Crippen molar-refractivity contribution in [3.8, 4) is 0 Å². The fraction of sp³-hybridized carbons (Fsp3) is 0.409. The lowest BCUT2D eigenvalue weighted by molar-refractivity contribution is -0.193. The Kier molecular flexibility index (Phi) is 11.0. The summed E-state index contributed by atoms with van der Waals surface area (Å²) in [6, 6.07) is 5.95. The van der Waals surface area contributed by atoms with E-state index < -0.39 is 24.3 Å². The molecule has 1 atom stereocenters. The molecule has 4 rings (SSSR count). The fourth-order valence-electron chi connectivity index (χ4n) is 3.39. The van der Waals surface area contributed by atoms with Gasteiger partial charge in [-0.25, -0.2) is 9.59 Å². The summed E-state index contributed by atoms with van der Waals surface area (Å²) in [5.41, 5.74) is 4.51. The van der Waals surface area contributed by atoms with Gasteiger partial charge in [0.25, 0.3) is 0 Å². The molecule has 0 aliphatic carbocycles. The lowest BCUT2D eigenvalue weighted by Crippen LogP contribution is -2.35. The highest BCUT2D eigenvalue weighted by molar-refractivity contribution is 5.73. The minimum absolute atomic E-state index is 0.248. The average Bonchev–Trinajstić information content (AvgIpc) is 3.49. The zero-order chi connectivity index (χ0) is 29.2. The number of carboxylic acids is 2. The number of fused-ring (bicyclic) bond motifs is 1. The smallest absolute Gasteiger partial charge is 0.475 e. The Balaban J connectivity index is 0.000000317. The van der Waals surface area contributed by atoms with Gasteiger partial charge >= 0.3 is 24.3 Å². The predicted octanol–water partition coefficient (Wildman–Crippen LogP) is 3.39. The number of aliphatic carboxylic acids is 2. The van der Waals surface area contributed by atoms with Crippen LogP contribution < -0.4 is 0 Å². The average molecular weight is 567 g/mol. The number of carboxylic acid groups (broad SMARTS) is 2. The van der Waals surface area contributed by atoms with Crippen LogP contribution in [0.1, 0.15) is 28.4 Å². The minimum Gasteiger partial charge on any atom is -0.475 e. The highest BCUT2D eigenvalue weighted by atomic mass is 19.4. The van der Waals surface area contributed by atoms with Crippen LogP contribution in [-0.4, -0.2) is 72.5 Å². The molecular weight excluding hydrogens is 544 g/mol. The summed E-state index contributed by atoms with van der Waals surface area (Å²) in [4.78, 5) is 24.2. The number of hydrogen-bond acceptors (Lipinski definition) is 8. The SMILES string of the molecule is Cn1nnc2c1C(COCc1ccncc1)CN(Cc1ccoc1)C2.O=C(O)C(F)(F)F.O=C(O)C(F)(F)F. The first-order valence-electron chi connectivity index (χ1n) is 10.9. The second kappa shape index (κ2) is 13.7. The van der Waals surface area contributed by atoms with Crippen LogP contribution in [0.4, 0.5) is 26.3 Å². The molecule has 39 heavy (non-hydrogen) atoms. The monoisotopic (exact) mass is 567 g/mol. The van der Waals surface area contributed by atoms with E-state index in [1.165, 1.54) is 11.3 Å². The highest BCUT2D eigenvalue weighted by Crippen LogP contribution is 2.28. The molecule has 214 valence electrons. The van der Waals surface area contributed by atoms with E-state index in [1.807, 2.05) is 29.9 Å². The number of ether oxygens (including phenoxy) is 1. The van der Waals surface area contributed by atoms with E-state index in [1.54, 1.807) is 24.9 Å². The van der Waals surface area contributed by atoms with Crippen LogP contribution in [0, 0.1) is 0 Å². The van der Waals surface area contributed by atoms with Crippen molar-refractivity contribution in [2.75, 3.05) is 13.2 Å². The molecule has 4 heterocycles. The number of carbonyl (C=O) groups is 2. The van der Waals surface area contributed by atoms with Crippen molar-refractivity contribution >= 4 is 11.9 Å². The van der Waals surface area contributed by atoms with Crippen LogP contribution >= 0.6 is 0 Å². The topological polar surface area (TPSA) is 144 Å². The van der Waals surface area contributed by atoms with Crippen molar-refractivity contribution in [3.05, 3.63) is 65.6 Å². The Morgan fingerprint density at radius 3 is 2.15 bits per heavy atom. The molecule has 2 N–H and O–H groups in total. The Hall–Kier alpha value is -3.99. The number of nitrogens with zero attached hydrogens (tertiary/aromatic N) is 5. The number of aryl methyl sites for hydroxylation is 1. The van der Waals surface area contributed by atoms with Gasteiger partial charge in [0, 0.05) is 50.6 Å². The molecule has 0 amide bonds. The van der Waals surface area contributed by atoms with E-state index in [2.05, 4.69) is 20.2 Å². The molecular formula is C22H23F6N5O6. The highest BCUT2D eigenvalue weighted by Gasteiger charge is 2.39. The Morgan fingerprint density at radius 1 is 1.05 bits per heavy atom. The molecule has 3 aromatic heterocycles. The van der Waals surface area contributed by atoms with Gasteiger partial charge in [0.2, 0.25) is 0 Å².